The van der Waals surface area contributed by atoms with E-state index < -0.39 is 34.9 Å². The largest absolute Gasteiger partial charge is 0.442 e. The van der Waals surface area contributed by atoms with Crippen LogP contribution in [-0.4, -0.2) is 33.7 Å². The fraction of sp³-hybridized carbons (Fsp3) is 0.412. The van der Waals surface area contributed by atoms with Gasteiger partial charge in [0.15, 0.2) is 0 Å². The van der Waals surface area contributed by atoms with Crippen LogP contribution in [0.4, 0.5) is 30.2 Å². The van der Waals surface area contributed by atoms with Gasteiger partial charge in [-0.15, -0.1) is 0 Å². The molecular weight excluding hydrogens is 379 g/mol. The molecule has 1 aromatic heterocycles. The van der Waals surface area contributed by atoms with E-state index in [1.165, 1.54) is 0 Å². The third kappa shape index (κ3) is 4.59. The highest BCUT2D eigenvalue weighted by Gasteiger charge is 2.44. The Morgan fingerprint density at radius 2 is 1.82 bits per heavy atom. The lowest BCUT2D eigenvalue weighted by molar-refractivity contribution is -0.388. The average Bonchev–Trinajstić information content (AvgIpc) is 2.94. The maximum atomic E-state index is 13.0. The van der Waals surface area contributed by atoms with E-state index in [1.807, 2.05) is 26.0 Å². The van der Waals surface area contributed by atoms with Crippen LogP contribution in [0.3, 0.4) is 0 Å². The summed E-state index contributed by atoms with van der Waals surface area (Å²) in [5.74, 6) is -0.648. The third-order valence-electron chi connectivity index (χ3n) is 4.20. The maximum Gasteiger partial charge on any atom is 0.442 e. The van der Waals surface area contributed by atoms with Gasteiger partial charge in [-0.1, -0.05) is 0 Å². The van der Waals surface area contributed by atoms with Crippen molar-refractivity contribution in [3.05, 3.63) is 45.8 Å². The minimum atomic E-state index is -4.99. The van der Waals surface area contributed by atoms with E-state index in [-0.39, 0.29) is 5.69 Å². The number of nitrogens with zero attached hydrogens (tertiary/aromatic N) is 4. The molecule has 1 aromatic carbocycles. The summed E-state index contributed by atoms with van der Waals surface area (Å²) in [6.45, 7) is 6.20. The first-order valence-corrected chi connectivity index (χ1v) is 8.52. The Balaban J connectivity index is 2.16. The van der Waals surface area contributed by atoms with Crippen molar-refractivity contribution in [3.63, 3.8) is 0 Å². The molecule has 152 valence electrons. The van der Waals surface area contributed by atoms with Gasteiger partial charge >= 0.3 is 11.9 Å². The number of benzene rings is 1. The number of nitro groups is 1. The fourth-order valence-electron chi connectivity index (χ4n) is 2.78. The summed E-state index contributed by atoms with van der Waals surface area (Å²) in [6, 6.07) is 6.97. The molecule has 0 atom stereocenters. The summed E-state index contributed by atoms with van der Waals surface area (Å²) >= 11 is 0. The highest BCUT2D eigenvalue weighted by molar-refractivity contribution is 5.90. The Morgan fingerprint density at radius 1 is 1.25 bits per heavy atom. The van der Waals surface area contributed by atoms with Gasteiger partial charge in [-0.3, -0.25) is 19.6 Å². The summed E-state index contributed by atoms with van der Waals surface area (Å²) in [5.41, 5.74) is -1.69. The monoisotopic (exact) mass is 399 g/mol. The molecule has 2 aromatic rings. The molecule has 0 fully saturated rings. The zero-order valence-corrected chi connectivity index (χ0v) is 15.6. The Hall–Kier alpha value is -3.11. The summed E-state index contributed by atoms with van der Waals surface area (Å²) in [6.07, 6.45) is -4.99. The molecule has 28 heavy (non-hydrogen) atoms. The van der Waals surface area contributed by atoms with Crippen LogP contribution < -0.4 is 10.2 Å². The van der Waals surface area contributed by atoms with Gasteiger partial charge in [-0.05, 0) is 45.0 Å². The van der Waals surface area contributed by atoms with Gasteiger partial charge in [-0.2, -0.15) is 18.3 Å². The Kier molecular flexibility index (Phi) is 6.26. The highest BCUT2D eigenvalue weighted by Crippen LogP contribution is 2.36. The normalized spacial score (nSPS) is 11.4. The van der Waals surface area contributed by atoms with E-state index in [4.69, 9.17) is 0 Å². The zero-order valence-electron chi connectivity index (χ0n) is 15.6. The number of amides is 1. The SMILES string of the molecule is CCN(CC)c1ccc(NC(=O)Cn2nc(C(F)(F)F)c([N+](=O)[O-])c2C)cc1. The van der Waals surface area contributed by atoms with E-state index in [1.54, 1.807) is 12.1 Å². The number of carbonyl (C=O) groups excluding carboxylic acids is 1. The number of halogens is 3. The number of rotatable bonds is 7. The lowest BCUT2D eigenvalue weighted by atomic mass is 10.2. The Labute approximate surface area is 159 Å². The summed E-state index contributed by atoms with van der Waals surface area (Å²) < 4.78 is 39.6. The lowest BCUT2D eigenvalue weighted by Gasteiger charge is -2.21. The Bertz CT molecular complexity index is 858. The van der Waals surface area contributed by atoms with Gasteiger partial charge in [0.1, 0.15) is 12.2 Å². The zero-order chi connectivity index (χ0) is 21.1. The van der Waals surface area contributed by atoms with Crippen LogP contribution in [-0.2, 0) is 17.5 Å². The molecule has 0 saturated heterocycles. The van der Waals surface area contributed by atoms with Gasteiger partial charge in [0.05, 0.1) is 4.92 Å². The summed E-state index contributed by atoms with van der Waals surface area (Å²) in [4.78, 5) is 24.1. The third-order valence-corrected chi connectivity index (χ3v) is 4.20. The number of carbonyl (C=O) groups is 1. The molecule has 8 nitrogen and oxygen atoms in total. The highest BCUT2D eigenvalue weighted by atomic mass is 19.4. The van der Waals surface area contributed by atoms with Crippen molar-refractivity contribution in [1.82, 2.24) is 9.78 Å². The van der Waals surface area contributed by atoms with Crippen LogP contribution >= 0.6 is 0 Å². The second kappa shape index (κ2) is 8.28. The molecular formula is C17H20F3N5O3. The lowest BCUT2D eigenvalue weighted by Crippen LogP contribution is -2.22. The molecule has 2 rings (SSSR count). The quantitative estimate of drug-likeness (QED) is 0.567. The van der Waals surface area contributed by atoms with E-state index >= 15 is 0 Å². The number of hydrogen-bond donors (Lipinski definition) is 1. The van der Waals surface area contributed by atoms with E-state index in [2.05, 4.69) is 15.3 Å². The van der Waals surface area contributed by atoms with Gasteiger partial charge in [0.2, 0.25) is 11.6 Å². The first kappa shape index (κ1) is 21.2. The molecule has 1 N–H and O–H groups in total. The van der Waals surface area contributed by atoms with Gasteiger partial charge < -0.3 is 10.2 Å². The molecule has 0 saturated carbocycles. The van der Waals surface area contributed by atoms with Crippen molar-refractivity contribution in [3.8, 4) is 0 Å². The van der Waals surface area contributed by atoms with Crippen LogP contribution in [0.5, 0.6) is 0 Å². The topological polar surface area (TPSA) is 93.3 Å². The first-order chi connectivity index (χ1) is 13.1. The standard InChI is InChI=1S/C17H20F3N5O3/c1-4-23(5-2)13-8-6-12(7-9-13)21-14(26)10-24-11(3)15(25(27)28)16(22-24)17(18,19)20/h6-9H,4-5,10H2,1-3H3,(H,21,26). The number of hydrogen-bond acceptors (Lipinski definition) is 5. The minimum Gasteiger partial charge on any atom is -0.372 e. The summed E-state index contributed by atoms with van der Waals surface area (Å²) in [5, 5.41) is 16.7. The molecule has 0 spiro atoms. The minimum absolute atomic E-state index is 0.343. The number of nitrogens with one attached hydrogen (secondary N) is 1. The van der Waals surface area contributed by atoms with Crippen LogP contribution in [0.2, 0.25) is 0 Å². The maximum absolute atomic E-state index is 13.0. The van der Waals surface area contributed by atoms with Gasteiger partial charge in [-0.25, -0.2) is 0 Å². The molecule has 0 aliphatic rings. The molecule has 1 amide bonds. The van der Waals surface area contributed by atoms with Crippen LogP contribution in [0.15, 0.2) is 24.3 Å². The molecule has 1 heterocycles. The Morgan fingerprint density at radius 3 is 2.25 bits per heavy atom. The van der Waals surface area contributed by atoms with Crippen molar-refractivity contribution < 1.29 is 22.9 Å². The molecule has 0 bridgehead atoms. The average molecular weight is 399 g/mol. The van der Waals surface area contributed by atoms with Crippen molar-refractivity contribution in [2.45, 2.75) is 33.5 Å². The molecule has 0 unspecified atom stereocenters. The van der Waals surface area contributed by atoms with E-state index in [9.17, 15) is 28.1 Å². The van der Waals surface area contributed by atoms with Crippen LogP contribution in [0.1, 0.15) is 25.2 Å². The second-order valence-corrected chi connectivity index (χ2v) is 5.96. The molecule has 0 aliphatic heterocycles. The van der Waals surface area contributed by atoms with E-state index in [0.717, 1.165) is 25.7 Å². The van der Waals surface area contributed by atoms with Crippen LogP contribution in [0.25, 0.3) is 0 Å². The molecule has 0 radical (unpaired) electrons. The van der Waals surface area contributed by atoms with Crippen LogP contribution in [0, 0.1) is 17.0 Å². The van der Waals surface area contributed by atoms with Gasteiger partial charge in [0, 0.05) is 24.5 Å². The first-order valence-electron chi connectivity index (χ1n) is 8.52. The molecule has 0 aliphatic carbocycles. The van der Waals surface area contributed by atoms with Crippen molar-refractivity contribution in [2.24, 2.45) is 0 Å². The second-order valence-electron chi connectivity index (χ2n) is 5.96. The summed E-state index contributed by atoms with van der Waals surface area (Å²) in [7, 11) is 0. The number of alkyl halides is 3. The van der Waals surface area contributed by atoms with E-state index in [0.29, 0.717) is 10.4 Å². The smallest absolute Gasteiger partial charge is 0.372 e. The predicted molar refractivity (Wildman–Crippen MR) is 97.3 cm³/mol. The number of aromatic nitrogens is 2. The fourth-order valence-corrected chi connectivity index (χ4v) is 2.78. The van der Waals surface area contributed by atoms with Crippen molar-refractivity contribution in [2.75, 3.05) is 23.3 Å². The number of anilines is 2. The van der Waals surface area contributed by atoms with Gasteiger partial charge in [0.25, 0.3) is 0 Å². The van der Waals surface area contributed by atoms with Crippen molar-refractivity contribution in [1.29, 1.82) is 0 Å². The molecule has 11 heteroatoms. The van der Waals surface area contributed by atoms with Crippen molar-refractivity contribution >= 4 is 23.0 Å². The predicted octanol–water partition coefficient (Wildman–Crippen LogP) is 3.60.